The van der Waals surface area contributed by atoms with Crippen molar-refractivity contribution in [1.29, 1.82) is 0 Å². The first-order valence-corrected chi connectivity index (χ1v) is 11.7. The molecule has 0 spiro atoms. The predicted molar refractivity (Wildman–Crippen MR) is 119 cm³/mol. The van der Waals surface area contributed by atoms with E-state index in [4.69, 9.17) is 9.97 Å². The number of likely N-dealkylation sites (tertiary alicyclic amines) is 1. The van der Waals surface area contributed by atoms with Gasteiger partial charge in [-0.2, -0.15) is 4.68 Å². The van der Waals surface area contributed by atoms with Crippen molar-refractivity contribution in [3.05, 3.63) is 46.1 Å². The second-order valence-corrected chi connectivity index (χ2v) is 9.81. The summed E-state index contributed by atoms with van der Waals surface area (Å²) in [5, 5.41) is 15.2. The Labute approximate surface area is 183 Å². The Morgan fingerprint density at radius 2 is 1.87 bits per heavy atom. The van der Waals surface area contributed by atoms with Gasteiger partial charge in [0.15, 0.2) is 0 Å². The molecule has 4 aromatic rings. The van der Waals surface area contributed by atoms with Gasteiger partial charge in [0.1, 0.15) is 15.7 Å². The van der Waals surface area contributed by atoms with Crippen LogP contribution in [-0.4, -0.2) is 48.2 Å². The summed E-state index contributed by atoms with van der Waals surface area (Å²) in [6.45, 7) is 9.40. The zero-order valence-corrected chi connectivity index (χ0v) is 18.9. The van der Waals surface area contributed by atoms with Gasteiger partial charge in [0, 0.05) is 10.3 Å². The number of para-hydroxylation sites is 1. The third-order valence-electron chi connectivity index (χ3n) is 5.58. The van der Waals surface area contributed by atoms with Gasteiger partial charge in [-0.25, -0.2) is 9.97 Å². The van der Waals surface area contributed by atoms with Gasteiger partial charge < -0.3 is 0 Å². The van der Waals surface area contributed by atoms with Crippen LogP contribution in [0.4, 0.5) is 0 Å². The lowest BCUT2D eigenvalue weighted by Gasteiger charge is -2.14. The second kappa shape index (κ2) is 8.05. The smallest absolute Gasteiger partial charge is 0.220 e. The number of thiophene rings is 1. The van der Waals surface area contributed by atoms with E-state index in [-0.39, 0.29) is 0 Å². The lowest BCUT2D eigenvalue weighted by molar-refractivity contribution is 0.322. The standard InChI is InChI=1S/C21H23N7S2/c1-13-8-4-5-9-16(13)28-21(24-25-26-28)30-20-18-14(2)15(3)29-19(18)22-17(23-20)12-27-10-6-7-11-27/h4-5,8-9H,6-7,10-12H2,1-3H3. The molecule has 3 aromatic heterocycles. The molecule has 0 radical (unpaired) electrons. The molecule has 0 unspecified atom stereocenters. The molecule has 1 fully saturated rings. The molecule has 0 saturated carbocycles. The van der Waals surface area contributed by atoms with Crippen LogP contribution in [0, 0.1) is 20.8 Å². The van der Waals surface area contributed by atoms with Crippen molar-refractivity contribution in [2.45, 2.75) is 50.3 Å². The first-order chi connectivity index (χ1) is 14.6. The molecule has 0 bridgehead atoms. The van der Waals surface area contributed by atoms with Crippen LogP contribution in [0.1, 0.15) is 34.7 Å². The van der Waals surface area contributed by atoms with E-state index in [1.165, 1.54) is 35.0 Å². The molecule has 1 saturated heterocycles. The largest absolute Gasteiger partial charge is 0.296 e. The van der Waals surface area contributed by atoms with Crippen molar-refractivity contribution in [1.82, 2.24) is 35.1 Å². The van der Waals surface area contributed by atoms with Crippen molar-refractivity contribution in [3.63, 3.8) is 0 Å². The average molecular weight is 438 g/mol. The lowest BCUT2D eigenvalue weighted by atomic mass is 10.2. The number of aryl methyl sites for hydroxylation is 3. The van der Waals surface area contributed by atoms with Gasteiger partial charge in [-0.15, -0.1) is 16.4 Å². The molecule has 9 heteroatoms. The molecular weight excluding hydrogens is 414 g/mol. The van der Waals surface area contributed by atoms with Crippen LogP contribution < -0.4 is 0 Å². The molecule has 30 heavy (non-hydrogen) atoms. The molecule has 1 aromatic carbocycles. The summed E-state index contributed by atoms with van der Waals surface area (Å²) < 4.78 is 1.79. The Morgan fingerprint density at radius 1 is 1.07 bits per heavy atom. The van der Waals surface area contributed by atoms with Crippen molar-refractivity contribution in [2.24, 2.45) is 0 Å². The van der Waals surface area contributed by atoms with Crippen molar-refractivity contribution in [2.75, 3.05) is 13.1 Å². The first kappa shape index (κ1) is 19.6. The number of hydrogen-bond donors (Lipinski definition) is 0. The van der Waals surface area contributed by atoms with E-state index < -0.39 is 0 Å². The van der Waals surface area contributed by atoms with E-state index in [1.54, 1.807) is 16.0 Å². The molecule has 0 N–H and O–H groups in total. The maximum atomic E-state index is 4.98. The quantitative estimate of drug-likeness (QED) is 0.430. The minimum absolute atomic E-state index is 0.708. The van der Waals surface area contributed by atoms with E-state index >= 15 is 0 Å². The van der Waals surface area contributed by atoms with Crippen LogP contribution in [0.25, 0.3) is 15.9 Å². The highest BCUT2D eigenvalue weighted by molar-refractivity contribution is 7.99. The number of benzene rings is 1. The molecule has 4 heterocycles. The van der Waals surface area contributed by atoms with Gasteiger partial charge in [-0.3, -0.25) is 4.90 Å². The second-order valence-electron chi connectivity index (χ2n) is 7.65. The molecule has 0 aliphatic carbocycles. The number of hydrogen-bond acceptors (Lipinski definition) is 8. The van der Waals surface area contributed by atoms with Crippen molar-refractivity contribution in [3.8, 4) is 5.69 Å². The fourth-order valence-corrected chi connectivity index (χ4v) is 5.91. The summed E-state index contributed by atoms with van der Waals surface area (Å²) in [4.78, 5) is 14.6. The highest BCUT2D eigenvalue weighted by Gasteiger charge is 2.21. The van der Waals surface area contributed by atoms with E-state index in [1.807, 2.05) is 18.2 Å². The Bertz CT molecular complexity index is 1210. The van der Waals surface area contributed by atoms with Gasteiger partial charge in [0.05, 0.1) is 12.2 Å². The van der Waals surface area contributed by atoms with Crippen LogP contribution in [0.15, 0.2) is 34.4 Å². The highest BCUT2D eigenvalue weighted by atomic mass is 32.2. The zero-order valence-electron chi connectivity index (χ0n) is 17.3. The molecule has 0 atom stereocenters. The number of rotatable bonds is 5. The van der Waals surface area contributed by atoms with Gasteiger partial charge >= 0.3 is 0 Å². The van der Waals surface area contributed by atoms with E-state index in [0.29, 0.717) is 5.16 Å². The number of tetrazole rings is 1. The molecule has 1 aliphatic heterocycles. The van der Waals surface area contributed by atoms with Gasteiger partial charge in [-0.1, -0.05) is 18.2 Å². The van der Waals surface area contributed by atoms with Crippen LogP contribution in [0.3, 0.4) is 0 Å². The average Bonchev–Trinajstić information content (AvgIpc) is 3.45. The summed E-state index contributed by atoms with van der Waals surface area (Å²) in [5.41, 5.74) is 3.34. The first-order valence-electron chi connectivity index (χ1n) is 10.1. The Morgan fingerprint density at radius 3 is 2.67 bits per heavy atom. The fraction of sp³-hybridized carbons (Fsp3) is 0.381. The van der Waals surface area contributed by atoms with Gasteiger partial charge in [-0.05, 0) is 86.1 Å². The number of fused-ring (bicyclic) bond motifs is 1. The summed E-state index contributed by atoms with van der Waals surface area (Å²) in [7, 11) is 0. The summed E-state index contributed by atoms with van der Waals surface area (Å²) in [5.74, 6) is 0.878. The summed E-state index contributed by atoms with van der Waals surface area (Å²) in [6.07, 6.45) is 2.51. The number of aromatic nitrogens is 6. The third-order valence-corrected chi connectivity index (χ3v) is 7.61. The maximum Gasteiger partial charge on any atom is 0.220 e. The van der Waals surface area contributed by atoms with Crippen LogP contribution in [0.2, 0.25) is 0 Å². The predicted octanol–water partition coefficient (Wildman–Crippen LogP) is 4.34. The monoisotopic (exact) mass is 437 g/mol. The van der Waals surface area contributed by atoms with E-state index in [9.17, 15) is 0 Å². The van der Waals surface area contributed by atoms with E-state index in [0.717, 1.165) is 52.0 Å². The molecular formula is C21H23N7S2. The fourth-order valence-electron chi connectivity index (χ4n) is 3.82. The molecule has 154 valence electrons. The summed E-state index contributed by atoms with van der Waals surface area (Å²) >= 11 is 3.26. The lowest BCUT2D eigenvalue weighted by Crippen LogP contribution is -2.20. The Balaban J connectivity index is 1.57. The topological polar surface area (TPSA) is 72.6 Å². The molecule has 7 nitrogen and oxygen atoms in total. The van der Waals surface area contributed by atoms with Crippen molar-refractivity contribution < 1.29 is 0 Å². The van der Waals surface area contributed by atoms with Gasteiger partial charge in [0.25, 0.3) is 0 Å². The van der Waals surface area contributed by atoms with E-state index in [2.05, 4.69) is 47.3 Å². The molecule has 1 aliphatic rings. The van der Waals surface area contributed by atoms with Crippen molar-refractivity contribution >= 4 is 33.3 Å². The molecule has 0 amide bonds. The number of nitrogens with zero attached hydrogens (tertiary/aromatic N) is 7. The zero-order chi connectivity index (χ0) is 20.7. The normalized spacial score (nSPS) is 14.8. The van der Waals surface area contributed by atoms with Crippen LogP contribution in [-0.2, 0) is 6.54 Å². The Kier molecular flexibility index (Phi) is 5.26. The van der Waals surface area contributed by atoms with Crippen LogP contribution in [0.5, 0.6) is 0 Å². The highest BCUT2D eigenvalue weighted by Crippen LogP contribution is 2.38. The molecule has 5 rings (SSSR count). The summed E-state index contributed by atoms with van der Waals surface area (Å²) in [6, 6.07) is 8.12. The minimum Gasteiger partial charge on any atom is -0.296 e. The van der Waals surface area contributed by atoms with Crippen LogP contribution >= 0.6 is 23.1 Å². The third kappa shape index (κ3) is 3.61. The Hall–Kier alpha value is -2.36. The van der Waals surface area contributed by atoms with Gasteiger partial charge in [0.2, 0.25) is 5.16 Å². The SMILES string of the molecule is Cc1ccccc1-n1nnnc1Sc1nc(CN2CCCC2)nc2sc(C)c(C)c12. The minimum atomic E-state index is 0.708. The maximum absolute atomic E-state index is 4.98.